The van der Waals surface area contributed by atoms with E-state index in [1.165, 1.54) is 5.56 Å². The maximum atomic E-state index is 11.9. The molecule has 1 aromatic carbocycles. The van der Waals surface area contributed by atoms with Crippen LogP contribution in [0.4, 0.5) is 5.69 Å². The van der Waals surface area contributed by atoms with Gasteiger partial charge in [-0.2, -0.15) is 0 Å². The first-order chi connectivity index (χ1) is 7.83. The molecule has 0 aromatic heterocycles. The molecule has 1 saturated heterocycles. The molecule has 2 heterocycles. The van der Waals surface area contributed by atoms with Gasteiger partial charge >= 0.3 is 0 Å². The summed E-state index contributed by atoms with van der Waals surface area (Å²) in [6, 6.07) is 6.04. The fourth-order valence-electron chi connectivity index (χ4n) is 2.02. The second kappa shape index (κ2) is 3.79. The summed E-state index contributed by atoms with van der Waals surface area (Å²) in [7, 11) is 0. The predicted octanol–water partition coefficient (Wildman–Crippen LogP) is 0.783. The Hall–Kier alpha value is -1.55. The number of anilines is 1. The zero-order valence-corrected chi connectivity index (χ0v) is 8.95. The Bertz CT molecular complexity index is 427. The molecule has 0 spiro atoms. The molecule has 2 aliphatic rings. The Morgan fingerprint density at radius 1 is 1.44 bits per heavy atom. The van der Waals surface area contributed by atoms with E-state index in [1.54, 1.807) is 0 Å². The fraction of sp³-hybridized carbons (Fsp3) is 0.417. The Labute approximate surface area is 94.0 Å². The van der Waals surface area contributed by atoms with Gasteiger partial charge in [-0.1, -0.05) is 6.07 Å². The predicted molar refractivity (Wildman–Crippen MR) is 60.7 cm³/mol. The van der Waals surface area contributed by atoms with Crippen LogP contribution in [-0.2, 0) is 11.2 Å². The molecule has 0 atom stereocenters. The lowest BCUT2D eigenvalue weighted by Crippen LogP contribution is -2.48. The van der Waals surface area contributed by atoms with Crippen molar-refractivity contribution in [3.8, 4) is 0 Å². The van der Waals surface area contributed by atoms with Crippen molar-refractivity contribution in [3.63, 3.8) is 0 Å². The second-order valence-corrected chi connectivity index (χ2v) is 4.26. The standard InChI is InChI=1S/C12H14N2O2/c15-12(14-10-6-16-7-10)9-2-1-8-3-4-13-11(8)5-9/h1-2,5,10,13H,3-4,6-7H2,(H,14,15). The molecule has 4 nitrogen and oxygen atoms in total. The highest BCUT2D eigenvalue weighted by Crippen LogP contribution is 2.23. The number of fused-ring (bicyclic) bond motifs is 1. The minimum Gasteiger partial charge on any atom is -0.384 e. The number of hydrogen-bond acceptors (Lipinski definition) is 3. The number of hydrogen-bond donors (Lipinski definition) is 2. The molecule has 2 aliphatic heterocycles. The van der Waals surface area contributed by atoms with E-state index in [-0.39, 0.29) is 11.9 Å². The molecule has 0 saturated carbocycles. The number of amides is 1. The maximum absolute atomic E-state index is 11.9. The van der Waals surface area contributed by atoms with Crippen LogP contribution in [0.15, 0.2) is 18.2 Å². The molecular formula is C12H14N2O2. The molecule has 0 aliphatic carbocycles. The molecule has 0 bridgehead atoms. The van der Waals surface area contributed by atoms with E-state index in [1.807, 2.05) is 18.2 Å². The van der Waals surface area contributed by atoms with E-state index in [0.29, 0.717) is 13.2 Å². The average Bonchev–Trinajstić information content (AvgIpc) is 2.69. The SMILES string of the molecule is O=C(NC1COC1)c1ccc2c(c1)NCC2. The summed E-state index contributed by atoms with van der Waals surface area (Å²) in [5, 5.41) is 6.20. The van der Waals surface area contributed by atoms with Crippen molar-refractivity contribution in [1.82, 2.24) is 5.32 Å². The number of carbonyl (C=O) groups excluding carboxylic acids is 1. The van der Waals surface area contributed by atoms with Crippen molar-refractivity contribution in [2.75, 3.05) is 25.1 Å². The lowest BCUT2D eigenvalue weighted by atomic mass is 10.1. The van der Waals surface area contributed by atoms with Crippen molar-refractivity contribution in [2.24, 2.45) is 0 Å². The summed E-state index contributed by atoms with van der Waals surface area (Å²) in [6.07, 6.45) is 1.05. The fourth-order valence-corrected chi connectivity index (χ4v) is 2.02. The highest BCUT2D eigenvalue weighted by Gasteiger charge is 2.21. The van der Waals surface area contributed by atoms with Crippen molar-refractivity contribution < 1.29 is 9.53 Å². The number of nitrogens with one attached hydrogen (secondary N) is 2. The second-order valence-electron chi connectivity index (χ2n) is 4.26. The summed E-state index contributed by atoms with van der Waals surface area (Å²) in [6.45, 7) is 2.24. The molecule has 16 heavy (non-hydrogen) atoms. The van der Waals surface area contributed by atoms with E-state index < -0.39 is 0 Å². The van der Waals surface area contributed by atoms with Crippen LogP contribution < -0.4 is 10.6 Å². The van der Waals surface area contributed by atoms with Crippen LogP contribution in [0, 0.1) is 0 Å². The van der Waals surface area contributed by atoms with Crippen LogP contribution >= 0.6 is 0 Å². The van der Waals surface area contributed by atoms with Crippen LogP contribution in [0.25, 0.3) is 0 Å². The van der Waals surface area contributed by atoms with Crippen LogP contribution in [-0.4, -0.2) is 31.7 Å². The molecule has 2 N–H and O–H groups in total. The summed E-state index contributed by atoms with van der Waals surface area (Å²) in [5.74, 6) is -0.00944. The number of rotatable bonds is 2. The monoisotopic (exact) mass is 218 g/mol. The first kappa shape index (κ1) is 9.66. The number of ether oxygens (including phenoxy) is 1. The summed E-state index contributed by atoms with van der Waals surface area (Å²) in [5.41, 5.74) is 3.11. The van der Waals surface area contributed by atoms with Crippen molar-refractivity contribution in [1.29, 1.82) is 0 Å². The van der Waals surface area contributed by atoms with Gasteiger partial charge in [-0.05, 0) is 24.1 Å². The van der Waals surface area contributed by atoms with Crippen LogP contribution in [0.1, 0.15) is 15.9 Å². The number of benzene rings is 1. The van der Waals surface area contributed by atoms with Crippen LogP contribution in [0.3, 0.4) is 0 Å². The first-order valence-corrected chi connectivity index (χ1v) is 5.58. The van der Waals surface area contributed by atoms with Gasteiger partial charge < -0.3 is 15.4 Å². The normalized spacial score (nSPS) is 18.5. The van der Waals surface area contributed by atoms with E-state index in [9.17, 15) is 4.79 Å². The van der Waals surface area contributed by atoms with Gasteiger partial charge in [-0.15, -0.1) is 0 Å². The maximum Gasteiger partial charge on any atom is 0.251 e. The van der Waals surface area contributed by atoms with Crippen molar-refractivity contribution in [2.45, 2.75) is 12.5 Å². The molecule has 3 rings (SSSR count). The third-order valence-electron chi connectivity index (χ3n) is 3.06. The molecule has 0 radical (unpaired) electrons. The molecule has 1 amide bonds. The lowest BCUT2D eigenvalue weighted by Gasteiger charge is -2.26. The molecule has 1 aromatic rings. The van der Waals surface area contributed by atoms with Crippen molar-refractivity contribution >= 4 is 11.6 Å². The van der Waals surface area contributed by atoms with Gasteiger partial charge in [0.1, 0.15) is 0 Å². The Morgan fingerprint density at radius 3 is 3.06 bits per heavy atom. The third kappa shape index (κ3) is 1.65. The first-order valence-electron chi connectivity index (χ1n) is 5.58. The van der Waals surface area contributed by atoms with E-state index in [2.05, 4.69) is 10.6 Å². The Morgan fingerprint density at radius 2 is 2.31 bits per heavy atom. The Kier molecular flexibility index (Phi) is 2.29. The van der Waals surface area contributed by atoms with Gasteiger partial charge in [-0.25, -0.2) is 0 Å². The number of carbonyl (C=O) groups is 1. The minimum atomic E-state index is -0.00944. The molecule has 1 fully saturated rings. The van der Waals surface area contributed by atoms with Crippen molar-refractivity contribution in [3.05, 3.63) is 29.3 Å². The zero-order chi connectivity index (χ0) is 11.0. The highest BCUT2D eigenvalue weighted by atomic mass is 16.5. The van der Waals surface area contributed by atoms with Crippen LogP contribution in [0.2, 0.25) is 0 Å². The largest absolute Gasteiger partial charge is 0.384 e. The average molecular weight is 218 g/mol. The van der Waals surface area contributed by atoms with Gasteiger partial charge in [0, 0.05) is 17.8 Å². The van der Waals surface area contributed by atoms with E-state index >= 15 is 0 Å². The van der Waals surface area contributed by atoms with Crippen LogP contribution in [0.5, 0.6) is 0 Å². The molecule has 4 heteroatoms. The molecule has 84 valence electrons. The van der Waals surface area contributed by atoms with E-state index in [0.717, 1.165) is 24.2 Å². The molecular weight excluding hydrogens is 204 g/mol. The lowest BCUT2D eigenvalue weighted by molar-refractivity contribution is -0.00346. The van der Waals surface area contributed by atoms with Gasteiger partial charge in [0.05, 0.1) is 19.3 Å². The summed E-state index contributed by atoms with van der Waals surface area (Å²) < 4.78 is 5.02. The smallest absolute Gasteiger partial charge is 0.251 e. The topological polar surface area (TPSA) is 50.4 Å². The quantitative estimate of drug-likeness (QED) is 0.771. The molecule has 0 unspecified atom stereocenters. The van der Waals surface area contributed by atoms with Gasteiger partial charge in [0.25, 0.3) is 5.91 Å². The zero-order valence-electron chi connectivity index (χ0n) is 8.95. The third-order valence-corrected chi connectivity index (χ3v) is 3.06. The van der Waals surface area contributed by atoms with Gasteiger partial charge in [0.2, 0.25) is 0 Å². The summed E-state index contributed by atoms with van der Waals surface area (Å²) >= 11 is 0. The highest BCUT2D eigenvalue weighted by molar-refractivity contribution is 5.95. The van der Waals surface area contributed by atoms with Gasteiger partial charge in [0.15, 0.2) is 0 Å². The summed E-state index contributed by atoms with van der Waals surface area (Å²) in [4.78, 5) is 11.9. The van der Waals surface area contributed by atoms with Gasteiger partial charge in [-0.3, -0.25) is 4.79 Å². The minimum absolute atomic E-state index is 0.00944. The van der Waals surface area contributed by atoms with E-state index in [4.69, 9.17) is 4.74 Å². The Balaban J connectivity index is 1.75.